The molecule has 0 aliphatic carbocycles. The van der Waals surface area contributed by atoms with Gasteiger partial charge in [-0.1, -0.05) is 32.0 Å². The number of hydrogen-bond acceptors (Lipinski definition) is 3. The van der Waals surface area contributed by atoms with E-state index in [9.17, 15) is 8.42 Å². The van der Waals surface area contributed by atoms with Crippen molar-refractivity contribution in [3.8, 4) is 0 Å². The highest BCUT2D eigenvalue weighted by Gasteiger charge is 2.18. The van der Waals surface area contributed by atoms with Gasteiger partial charge in [0, 0.05) is 18.4 Å². The molecule has 112 valence electrons. The molecule has 0 aliphatic heterocycles. The van der Waals surface area contributed by atoms with Crippen LogP contribution in [0.5, 0.6) is 0 Å². The minimum absolute atomic E-state index is 0.280. The third-order valence-electron chi connectivity index (χ3n) is 3.37. The van der Waals surface area contributed by atoms with Crippen LogP contribution in [0.2, 0.25) is 0 Å². The summed E-state index contributed by atoms with van der Waals surface area (Å²) in [6.07, 6.45) is 3.32. The molecule has 2 aromatic rings. The van der Waals surface area contributed by atoms with E-state index in [1.165, 1.54) is 0 Å². The van der Waals surface area contributed by atoms with Gasteiger partial charge < -0.3 is 0 Å². The number of nitrogens with zero attached hydrogens (tertiary/aromatic N) is 1. The Hall–Kier alpha value is -1.72. The maximum absolute atomic E-state index is 12.4. The Kier molecular flexibility index (Phi) is 4.75. The van der Waals surface area contributed by atoms with Crippen molar-refractivity contribution in [3.63, 3.8) is 0 Å². The van der Waals surface area contributed by atoms with E-state index >= 15 is 0 Å². The molecule has 0 saturated carbocycles. The van der Waals surface area contributed by atoms with Gasteiger partial charge in [0.15, 0.2) is 0 Å². The second-order valence-electron chi connectivity index (χ2n) is 5.35. The van der Waals surface area contributed by atoms with Gasteiger partial charge in [0.05, 0.1) is 4.90 Å². The van der Waals surface area contributed by atoms with Crippen LogP contribution in [0.1, 0.15) is 43.9 Å². The Labute approximate surface area is 126 Å². The van der Waals surface area contributed by atoms with Crippen molar-refractivity contribution >= 4 is 10.0 Å². The molecule has 0 radical (unpaired) electrons. The first-order valence-corrected chi connectivity index (χ1v) is 8.40. The minimum atomic E-state index is -3.53. The predicted octanol–water partition coefficient (Wildman–Crippen LogP) is 3.24. The van der Waals surface area contributed by atoms with Crippen molar-refractivity contribution < 1.29 is 8.42 Å². The van der Waals surface area contributed by atoms with E-state index in [0.717, 1.165) is 11.1 Å². The third-order valence-corrected chi connectivity index (χ3v) is 4.93. The van der Waals surface area contributed by atoms with Crippen LogP contribution in [0.25, 0.3) is 0 Å². The Balaban J connectivity index is 2.18. The lowest BCUT2D eigenvalue weighted by Crippen LogP contribution is -2.26. The number of hydrogen-bond donors (Lipinski definition) is 1. The lowest BCUT2D eigenvalue weighted by Gasteiger charge is -2.15. The first-order chi connectivity index (χ1) is 9.90. The van der Waals surface area contributed by atoms with E-state index in [-0.39, 0.29) is 10.9 Å². The van der Waals surface area contributed by atoms with Crippen LogP contribution in [0.4, 0.5) is 0 Å². The van der Waals surface area contributed by atoms with E-state index in [1.54, 1.807) is 37.5 Å². The summed E-state index contributed by atoms with van der Waals surface area (Å²) in [5.74, 6) is 0.379. The molecular weight excluding hydrogens is 284 g/mol. The van der Waals surface area contributed by atoms with E-state index in [1.807, 2.05) is 18.2 Å². The second kappa shape index (κ2) is 6.37. The summed E-state index contributed by atoms with van der Waals surface area (Å²) in [5, 5.41) is 0. The van der Waals surface area contributed by atoms with E-state index in [0.29, 0.717) is 5.92 Å². The largest absolute Gasteiger partial charge is 0.264 e. The first kappa shape index (κ1) is 15.7. The molecule has 1 N–H and O–H groups in total. The van der Waals surface area contributed by atoms with E-state index in [4.69, 9.17) is 0 Å². The fourth-order valence-corrected chi connectivity index (χ4v) is 3.26. The lowest BCUT2D eigenvalue weighted by atomic mass is 10.0. The normalized spacial score (nSPS) is 13.3. The highest BCUT2D eigenvalue weighted by Crippen LogP contribution is 2.19. The van der Waals surface area contributed by atoms with Crippen LogP contribution < -0.4 is 4.72 Å². The molecule has 1 aromatic carbocycles. The van der Waals surface area contributed by atoms with Crippen LogP contribution in [0.15, 0.2) is 53.7 Å². The van der Waals surface area contributed by atoms with Crippen molar-refractivity contribution in [1.29, 1.82) is 0 Å². The van der Waals surface area contributed by atoms with E-state index < -0.39 is 10.0 Å². The Bertz CT molecular complexity index is 680. The maximum Gasteiger partial charge on any atom is 0.241 e. The molecule has 0 saturated heterocycles. The van der Waals surface area contributed by atoms with Crippen molar-refractivity contribution in [2.45, 2.75) is 37.6 Å². The SMILES string of the molecule is CC(C)c1ccc(S(=O)(=O)NC(C)c2cccnc2)cc1. The summed E-state index contributed by atoms with van der Waals surface area (Å²) in [6.45, 7) is 5.95. The molecule has 1 heterocycles. The second-order valence-corrected chi connectivity index (χ2v) is 7.07. The lowest BCUT2D eigenvalue weighted by molar-refractivity contribution is 0.566. The highest BCUT2D eigenvalue weighted by molar-refractivity contribution is 7.89. The molecule has 1 unspecified atom stereocenters. The summed E-state index contributed by atoms with van der Waals surface area (Å²) in [7, 11) is -3.53. The predicted molar refractivity (Wildman–Crippen MR) is 83.5 cm³/mol. The molecule has 1 atom stereocenters. The molecule has 4 nitrogen and oxygen atoms in total. The van der Waals surface area contributed by atoms with Gasteiger partial charge in [-0.3, -0.25) is 4.98 Å². The fourth-order valence-electron chi connectivity index (χ4n) is 2.03. The van der Waals surface area contributed by atoms with Crippen molar-refractivity contribution in [1.82, 2.24) is 9.71 Å². The van der Waals surface area contributed by atoms with Gasteiger partial charge in [-0.2, -0.15) is 0 Å². The summed E-state index contributed by atoms with van der Waals surface area (Å²) in [6, 6.07) is 10.3. The minimum Gasteiger partial charge on any atom is -0.264 e. The van der Waals surface area contributed by atoms with Gasteiger partial charge in [-0.25, -0.2) is 13.1 Å². The van der Waals surface area contributed by atoms with Gasteiger partial charge in [0.1, 0.15) is 0 Å². The number of nitrogens with one attached hydrogen (secondary N) is 1. The molecule has 0 bridgehead atoms. The van der Waals surface area contributed by atoms with Crippen molar-refractivity contribution in [2.75, 3.05) is 0 Å². The number of pyridine rings is 1. The van der Waals surface area contributed by atoms with Crippen LogP contribution in [0, 0.1) is 0 Å². The average molecular weight is 304 g/mol. The molecule has 1 aromatic heterocycles. The molecule has 0 spiro atoms. The number of rotatable bonds is 5. The molecule has 21 heavy (non-hydrogen) atoms. The smallest absolute Gasteiger partial charge is 0.241 e. The summed E-state index contributed by atoms with van der Waals surface area (Å²) >= 11 is 0. The highest BCUT2D eigenvalue weighted by atomic mass is 32.2. The number of aromatic nitrogens is 1. The van der Waals surface area contributed by atoms with Crippen LogP contribution >= 0.6 is 0 Å². The zero-order chi connectivity index (χ0) is 15.5. The monoisotopic (exact) mass is 304 g/mol. The summed E-state index contributed by atoms with van der Waals surface area (Å²) in [4.78, 5) is 4.28. The Morgan fingerprint density at radius 3 is 2.19 bits per heavy atom. The third kappa shape index (κ3) is 3.89. The molecule has 0 fully saturated rings. The molecular formula is C16H20N2O2S. The van der Waals surface area contributed by atoms with Crippen LogP contribution in [0.3, 0.4) is 0 Å². The fraction of sp³-hybridized carbons (Fsp3) is 0.312. The van der Waals surface area contributed by atoms with Gasteiger partial charge in [0.25, 0.3) is 0 Å². The van der Waals surface area contributed by atoms with Crippen molar-refractivity contribution in [3.05, 3.63) is 59.9 Å². The van der Waals surface area contributed by atoms with E-state index in [2.05, 4.69) is 23.6 Å². The zero-order valence-corrected chi connectivity index (χ0v) is 13.3. The summed E-state index contributed by atoms with van der Waals surface area (Å²) in [5.41, 5.74) is 1.95. The molecule has 0 amide bonds. The Morgan fingerprint density at radius 2 is 1.67 bits per heavy atom. The topological polar surface area (TPSA) is 59.1 Å². The Morgan fingerprint density at radius 1 is 1.00 bits per heavy atom. The number of sulfonamides is 1. The molecule has 2 rings (SSSR count). The zero-order valence-electron chi connectivity index (χ0n) is 12.4. The average Bonchev–Trinajstić information content (AvgIpc) is 2.48. The summed E-state index contributed by atoms with van der Waals surface area (Å²) < 4.78 is 27.4. The maximum atomic E-state index is 12.4. The van der Waals surface area contributed by atoms with Crippen LogP contribution in [-0.4, -0.2) is 13.4 Å². The van der Waals surface area contributed by atoms with Gasteiger partial charge in [-0.15, -0.1) is 0 Å². The standard InChI is InChI=1S/C16H20N2O2S/c1-12(2)14-6-8-16(9-7-14)21(19,20)18-13(3)15-5-4-10-17-11-15/h4-13,18H,1-3H3. The van der Waals surface area contributed by atoms with Gasteiger partial charge in [-0.05, 0) is 42.2 Å². The number of benzene rings is 1. The molecule has 0 aliphatic rings. The molecule has 5 heteroatoms. The quantitative estimate of drug-likeness (QED) is 0.922. The van der Waals surface area contributed by atoms with Crippen molar-refractivity contribution in [2.24, 2.45) is 0 Å². The first-order valence-electron chi connectivity index (χ1n) is 6.92. The van der Waals surface area contributed by atoms with Gasteiger partial charge >= 0.3 is 0 Å². The van der Waals surface area contributed by atoms with Crippen LogP contribution in [-0.2, 0) is 10.0 Å². The van der Waals surface area contributed by atoms with Gasteiger partial charge in [0.2, 0.25) is 10.0 Å².